The molecule has 0 aromatic heterocycles. The molecule has 0 saturated heterocycles. The Hall–Kier alpha value is -6.66. The topological polar surface area (TPSA) is 102 Å². The van der Waals surface area contributed by atoms with Crippen LogP contribution in [0.25, 0.3) is 0 Å². The van der Waals surface area contributed by atoms with Crippen LogP contribution in [0.5, 0.6) is 0 Å². The van der Waals surface area contributed by atoms with Crippen LogP contribution in [-0.2, 0) is 28.8 Å². The molecule has 0 amide bonds. The van der Waals surface area contributed by atoms with E-state index < -0.39 is 35.5 Å². The van der Waals surface area contributed by atoms with Gasteiger partial charge in [0.05, 0.1) is 0 Å². The number of carbonyl (C=O) groups excluding carboxylic acids is 6. The predicted octanol–water partition coefficient (Wildman–Crippen LogP) is 6.56. The first-order valence-electron chi connectivity index (χ1n) is 18.4. The Morgan fingerprint density at radius 3 is 0.667 bits per heavy atom. The van der Waals surface area contributed by atoms with Crippen molar-refractivity contribution in [2.45, 2.75) is 35.5 Å². The van der Waals surface area contributed by atoms with E-state index in [0.717, 1.165) is 44.5 Å². The van der Waals surface area contributed by atoms with E-state index >= 15 is 19.2 Å². The van der Waals surface area contributed by atoms with E-state index in [4.69, 9.17) is 0 Å². The van der Waals surface area contributed by atoms with Crippen molar-refractivity contribution in [1.29, 1.82) is 0 Å². The fourth-order valence-electron chi connectivity index (χ4n) is 12.0. The van der Waals surface area contributed by atoms with Gasteiger partial charge in [-0.2, -0.15) is 0 Å². The molecule has 0 spiro atoms. The van der Waals surface area contributed by atoms with Gasteiger partial charge >= 0.3 is 0 Å². The first kappa shape index (κ1) is 28.9. The molecule has 0 heterocycles. The molecule has 0 radical (unpaired) electrons. The summed E-state index contributed by atoms with van der Waals surface area (Å²) < 4.78 is 0. The van der Waals surface area contributed by atoms with Gasteiger partial charge in [0, 0.05) is 91.2 Å². The van der Waals surface area contributed by atoms with Crippen LogP contribution in [0.4, 0.5) is 0 Å². The third-order valence-electron chi connectivity index (χ3n) is 13.7. The zero-order chi connectivity index (χ0) is 36.0. The smallest absolute Gasteiger partial charge is 0.187 e. The van der Waals surface area contributed by atoms with Gasteiger partial charge < -0.3 is 0 Å². The fourth-order valence-corrected chi connectivity index (χ4v) is 12.0. The van der Waals surface area contributed by atoms with Crippen LogP contribution < -0.4 is 0 Å². The molecular formula is C48H24O6. The van der Waals surface area contributed by atoms with E-state index in [1.165, 1.54) is 12.2 Å². The third kappa shape index (κ3) is 2.93. The molecule has 4 atom stereocenters. The van der Waals surface area contributed by atoms with Gasteiger partial charge in [-0.25, -0.2) is 0 Å². The van der Waals surface area contributed by atoms with E-state index in [9.17, 15) is 9.59 Å². The molecule has 54 heavy (non-hydrogen) atoms. The quantitative estimate of drug-likeness (QED) is 0.193. The van der Waals surface area contributed by atoms with Gasteiger partial charge in [-0.05, 0) is 56.7 Å². The summed E-state index contributed by atoms with van der Waals surface area (Å²) in [6, 6.07) is 31.0. The van der Waals surface area contributed by atoms with Crippen LogP contribution in [0.15, 0.2) is 165 Å². The van der Waals surface area contributed by atoms with Crippen molar-refractivity contribution >= 4 is 34.7 Å². The summed E-state index contributed by atoms with van der Waals surface area (Å²) in [5, 5.41) is 0. The van der Waals surface area contributed by atoms with Crippen molar-refractivity contribution in [2.75, 3.05) is 0 Å². The summed E-state index contributed by atoms with van der Waals surface area (Å²) in [5.41, 5.74) is 9.92. The molecule has 6 heteroatoms. The Labute approximate surface area is 307 Å². The van der Waals surface area contributed by atoms with E-state index in [2.05, 4.69) is 0 Å². The van der Waals surface area contributed by atoms with Gasteiger partial charge in [0.1, 0.15) is 0 Å². The zero-order valence-corrected chi connectivity index (χ0v) is 28.3. The Morgan fingerprint density at radius 2 is 0.426 bits per heavy atom. The first-order chi connectivity index (χ1) is 26.4. The van der Waals surface area contributed by atoms with Crippen LogP contribution >= 0.6 is 0 Å². The predicted molar refractivity (Wildman–Crippen MR) is 195 cm³/mol. The van der Waals surface area contributed by atoms with Gasteiger partial charge in [0.25, 0.3) is 0 Å². The molecule has 4 aromatic rings. The van der Waals surface area contributed by atoms with Crippen LogP contribution in [0.1, 0.15) is 80.0 Å². The second-order valence-corrected chi connectivity index (χ2v) is 15.6. The van der Waals surface area contributed by atoms with Crippen molar-refractivity contribution < 1.29 is 28.8 Å². The Bertz CT molecular complexity index is 2730. The van der Waals surface area contributed by atoms with E-state index in [0.29, 0.717) is 22.3 Å². The molecule has 0 fully saturated rings. The van der Waals surface area contributed by atoms with Gasteiger partial charge in [-0.1, -0.05) is 97.1 Å². The lowest BCUT2D eigenvalue weighted by molar-refractivity contribution is -0.119. The fraction of sp³-hybridized carbons (Fsp3) is 0.125. The number of rotatable bonds is 0. The lowest BCUT2D eigenvalue weighted by atomic mass is 9.48. The number of carbonyl (C=O) groups is 6. The Kier molecular flexibility index (Phi) is 4.96. The highest BCUT2D eigenvalue weighted by atomic mass is 16.2. The summed E-state index contributed by atoms with van der Waals surface area (Å²) in [4.78, 5) is 89.1. The van der Waals surface area contributed by atoms with Gasteiger partial charge in [-0.15, -0.1) is 0 Å². The lowest BCUT2D eigenvalue weighted by Crippen LogP contribution is -2.49. The average molecular weight is 697 g/mol. The zero-order valence-electron chi connectivity index (χ0n) is 28.3. The van der Waals surface area contributed by atoms with E-state index in [1.807, 2.05) is 97.1 Å². The highest BCUT2D eigenvalue weighted by Gasteiger charge is 2.63. The number of ketones is 6. The minimum absolute atomic E-state index is 0.221. The summed E-state index contributed by atoms with van der Waals surface area (Å²) >= 11 is 0. The van der Waals surface area contributed by atoms with Crippen molar-refractivity contribution in [3.8, 4) is 0 Å². The van der Waals surface area contributed by atoms with Crippen molar-refractivity contribution in [2.24, 2.45) is 0 Å². The first-order valence-corrected chi connectivity index (χ1v) is 18.4. The maximum absolute atomic E-state index is 15.5. The summed E-state index contributed by atoms with van der Waals surface area (Å²) in [7, 11) is 0. The standard InChI is InChI=1S/C48H24O6/c49-27-17-18-28(50)36-32-24-14-6-5-13-23(24)31(35(27)36)39-40(32)48(54)44-34-26-16-8-7-15-25(26)33(43(44)47(39)53)41-42(34)46(52)38-30-20-10-2-1-9-19(20)29(37(38)45(41)51)21-11-3-4-12-22(21)30/h1-18,29-34H/t29?,30?,31-,32?,33-,34?/m1/s1. The van der Waals surface area contributed by atoms with Crippen LogP contribution in [0, 0.1) is 0 Å². The molecule has 0 N–H and O–H groups in total. The number of allylic oxidation sites excluding steroid dienone is 12. The summed E-state index contributed by atoms with van der Waals surface area (Å²) in [5.74, 6) is -6.50. The van der Waals surface area contributed by atoms with Crippen molar-refractivity contribution in [1.82, 2.24) is 0 Å². The Balaban J connectivity index is 1.04. The van der Waals surface area contributed by atoms with Gasteiger partial charge in [0.2, 0.25) is 0 Å². The molecule has 12 aliphatic carbocycles. The summed E-state index contributed by atoms with van der Waals surface area (Å²) in [6.07, 6.45) is 2.51. The molecule has 12 aliphatic rings. The molecule has 6 nitrogen and oxygen atoms in total. The minimum Gasteiger partial charge on any atom is -0.290 e. The Morgan fingerprint density at radius 1 is 0.241 bits per heavy atom. The molecule has 252 valence electrons. The van der Waals surface area contributed by atoms with Crippen molar-refractivity contribution in [3.05, 3.63) is 209 Å². The van der Waals surface area contributed by atoms with Crippen LogP contribution in [0.2, 0.25) is 0 Å². The molecular weight excluding hydrogens is 673 g/mol. The number of benzene rings is 4. The normalized spacial score (nSPS) is 28.5. The van der Waals surface area contributed by atoms with Crippen molar-refractivity contribution in [3.63, 3.8) is 0 Å². The molecule has 2 unspecified atom stereocenters. The molecule has 4 aromatic carbocycles. The second kappa shape index (κ2) is 9.28. The highest BCUT2D eigenvalue weighted by Crippen LogP contribution is 2.67. The van der Waals surface area contributed by atoms with E-state index in [1.54, 1.807) is 0 Å². The summed E-state index contributed by atoms with van der Waals surface area (Å²) in [6.45, 7) is 0. The van der Waals surface area contributed by atoms with Crippen LogP contribution in [-0.4, -0.2) is 34.7 Å². The lowest BCUT2D eigenvalue weighted by Gasteiger charge is -2.52. The van der Waals surface area contributed by atoms with Gasteiger partial charge in [0.15, 0.2) is 34.7 Å². The van der Waals surface area contributed by atoms with Crippen LogP contribution in [0.3, 0.4) is 0 Å². The average Bonchev–Trinajstić information content (AvgIpc) is 3.22. The largest absolute Gasteiger partial charge is 0.290 e. The second-order valence-electron chi connectivity index (χ2n) is 15.6. The maximum Gasteiger partial charge on any atom is 0.187 e. The SMILES string of the molecule is O=C1C=CC(=O)C2=C1C1C3=C(C(=O)C4=C(C3=O)C3C5=C(C(=O)C6=C(C5=O)C5c7ccccc7C6c6ccccc65)[C@H]4c4ccccc43)[C@@H]2c2ccccc21. The molecule has 16 rings (SSSR count). The highest BCUT2D eigenvalue weighted by molar-refractivity contribution is 6.37. The maximum atomic E-state index is 15.5. The monoisotopic (exact) mass is 696 g/mol. The minimum atomic E-state index is -0.939. The number of Topliss-reactive ketones (excluding diaryl/α,β-unsaturated/α-hetero) is 4. The molecule has 6 bridgehead atoms. The number of hydrogen-bond donors (Lipinski definition) is 0. The number of hydrogen-bond acceptors (Lipinski definition) is 6. The van der Waals surface area contributed by atoms with E-state index in [-0.39, 0.29) is 68.1 Å². The molecule has 0 saturated carbocycles. The third-order valence-corrected chi connectivity index (χ3v) is 13.7. The van der Waals surface area contributed by atoms with Gasteiger partial charge in [-0.3, -0.25) is 28.8 Å². The molecule has 0 aliphatic heterocycles.